The number of hydrogen-bond acceptors (Lipinski definition) is 6. The van der Waals surface area contributed by atoms with E-state index in [0.717, 1.165) is 25.7 Å². The molecule has 0 bridgehead atoms. The van der Waals surface area contributed by atoms with Gasteiger partial charge < -0.3 is 10.1 Å². The molecule has 0 radical (unpaired) electrons. The molecule has 0 spiro atoms. The minimum absolute atomic E-state index is 0.272. The second-order valence-electron chi connectivity index (χ2n) is 6.51. The summed E-state index contributed by atoms with van der Waals surface area (Å²) < 4.78 is 30.9. The van der Waals surface area contributed by atoms with Crippen LogP contribution >= 0.6 is 0 Å². The van der Waals surface area contributed by atoms with Gasteiger partial charge in [0.2, 0.25) is 5.91 Å². The van der Waals surface area contributed by atoms with Crippen molar-refractivity contribution < 1.29 is 22.7 Å². The van der Waals surface area contributed by atoms with Crippen LogP contribution in [0.1, 0.15) is 51.0 Å². The van der Waals surface area contributed by atoms with Gasteiger partial charge >= 0.3 is 16.5 Å². The number of nitrogens with one attached hydrogen (secondary N) is 2. The van der Waals surface area contributed by atoms with E-state index in [-0.39, 0.29) is 6.54 Å². The second kappa shape index (κ2) is 12.1. The third kappa shape index (κ3) is 6.95. The summed E-state index contributed by atoms with van der Waals surface area (Å²) in [5, 5.41) is 4.64. The molecule has 0 heterocycles. The number of hydrogen-bond donors (Lipinski definition) is 2. The van der Waals surface area contributed by atoms with Crippen LogP contribution in [0.2, 0.25) is 0 Å². The van der Waals surface area contributed by atoms with Crippen molar-refractivity contribution in [2.45, 2.75) is 50.9 Å². The largest absolute Gasteiger partial charge is 0.497 e. The number of imide groups is 1. The summed E-state index contributed by atoms with van der Waals surface area (Å²) in [4.78, 5) is 24.8. The van der Waals surface area contributed by atoms with Crippen LogP contribution in [-0.2, 0) is 20.7 Å². The van der Waals surface area contributed by atoms with Crippen LogP contribution in [-0.4, -0.2) is 41.1 Å². The summed E-state index contributed by atoms with van der Waals surface area (Å²) in [6.45, 7) is 1.84. The van der Waals surface area contributed by atoms with Crippen molar-refractivity contribution in [3.8, 4) is 5.75 Å². The van der Waals surface area contributed by atoms with Gasteiger partial charge in [-0.3, -0.25) is 10.1 Å². The summed E-state index contributed by atoms with van der Waals surface area (Å²) in [6, 6.07) is 6.15. The van der Waals surface area contributed by atoms with Crippen molar-refractivity contribution in [2.24, 2.45) is 4.36 Å². The number of benzene rings is 1. The fraction of sp³-hybridized carbons (Fsp3) is 0.579. The first kappa shape index (κ1) is 23.6. The number of ether oxygens (including phenoxy) is 1. The van der Waals surface area contributed by atoms with Crippen LogP contribution in [0.3, 0.4) is 0 Å². The molecule has 1 aromatic carbocycles. The fourth-order valence-corrected chi connectivity index (χ4v) is 3.35. The van der Waals surface area contributed by atoms with E-state index in [1.807, 2.05) is 0 Å². The maximum atomic E-state index is 13.1. The fourth-order valence-electron chi connectivity index (χ4n) is 3.02. The zero-order chi connectivity index (χ0) is 21.0. The molecular weight excluding hydrogens is 382 g/mol. The maximum absolute atomic E-state index is 13.1. The highest BCUT2D eigenvalue weighted by Crippen LogP contribution is 2.33. The summed E-state index contributed by atoms with van der Waals surface area (Å²) >= 11 is 0. The molecule has 0 aliphatic carbocycles. The molecule has 1 unspecified atom stereocenters. The molecule has 0 aliphatic heterocycles. The first-order chi connectivity index (χ1) is 13.4. The average molecular weight is 412 g/mol. The number of carbonyl (C=O) groups is 2. The van der Waals surface area contributed by atoms with Gasteiger partial charge in [0.05, 0.1) is 19.1 Å². The van der Waals surface area contributed by atoms with Crippen LogP contribution in [0.4, 0.5) is 4.79 Å². The highest BCUT2D eigenvalue weighted by molar-refractivity contribution is 7.61. The van der Waals surface area contributed by atoms with Crippen molar-refractivity contribution >= 4 is 22.4 Å². The van der Waals surface area contributed by atoms with Crippen LogP contribution in [0.15, 0.2) is 28.6 Å². The quantitative estimate of drug-likeness (QED) is 0.544. The third-order valence-corrected chi connectivity index (χ3v) is 5.02. The zero-order valence-electron chi connectivity index (χ0n) is 16.7. The average Bonchev–Trinajstić information content (AvgIpc) is 2.70. The summed E-state index contributed by atoms with van der Waals surface area (Å²) in [6.07, 6.45) is 5.18. The monoisotopic (exact) mass is 411 g/mol. The smallest absolute Gasteiger partial charge is 0.321 e. The number of unbranched alkanes of at least 4 members (excludes halogenated alkanes) is 4. The molecule has 0 saturated carbocycles. The van der Waals surface area contributed by atoms with E-state index >= 15 is 0 Å². The van der Waals surface area contributed by atoms with Gasteiger partial charge in [-0.2, -0.15) is 12.8 Å². The van der Waals surface area contributed by atoms with Gasteiger partial charge in [-0.1, -0.05) is 51.2 Å². The lowest BCUT2D eigenvalue weighted by Crippen LogP contribution is -2.51. The SMILES string of the molecule is CCCCCCCC(CN=S(=O)=O)(C(=O)NC(=O)NC)c1ccc(OC)cc1. The van der Waals surface area contributed by atoms with Gasteiger partial charge in [-0.05, 0) is 24.1 Å². The topological polar surface area (TPSA) is 114 Å². The Balaban J connectivity index is 3.30. The lowest BCUT2D eigenvalue weighted by Gasteiger charge is -2.31. The van der Waals surface area contributed by atoms with Crippen LogP contribution in [0, 0.1) is 0 Å². The van der Waals surface area contributed by atoms with Gasteiger partial charge in [-0.25, -0.2) is 4.79 Å². The van der Waals surface area contributed by atoms with Gasteiger partial charge in [0.15, 0.2) is 0 Å². The molecule has 156 valence electrons. The number of carbonyl (C=O) groups excluding carboxylic acids is 2. The molecule has 0 aromatic heterocycles. The Hall–Kier alpha value is -2.42. The van der Waals surface area contributed by atoms with E-state index in [4.69, 9.17) is 4.74 Å². The molecule has 1 atom stereocenters. The predicted molar refractivity (Wildman–Crippen MR) is 107 cm³/mol. The zero-order valence-corrected chi connectivity index (χ0v) is 17.5. The lowest BCUT2D eigenvalue weighted by atomic mass is 9.75. The first-order valence-electron chi connectivity index (χ1n) is 9.34. The van der Waals surface area contributed by atoms with Gasteiger partial charge in [0.1, 0.15) is 5.75 Å². The van der Waals surface area contributed by atoms with E-state index in [1.165, 1.54) is 14.2 Å². The van der Waals surface area contributed by atoms with Gasteiger partial charge in [-0.15, -0.1) is 0 Å². The molecule has 0 fully saturated rings. The van der Waals surface area contributed by atoms with Crippen molar-refractivity contribution in [2.75, 3.05) is 20.7 Å². The van der Waals surface area contributed by atoms with E-state index in [9.17, 15) is 18.0 Å². The van der Waals surface area contributed by atoms with Crippen molar-refractivity contribution in [1.82, 2.24) is 10.6 Å². The van der Waals surface area contributed by atoms with Crippen molar-refractivity contribution in [1.29, 1.82) is 0 Å². The Morgan fingerprint density at radius 1 is 1.11 bits per heavy atom. The molecule has 28 heavy (non-hydrogen) atoms. The Morgan fingerprint density at radius 3 is 2.29 bits per heavy atom. The Kier molecular flexibility index (Phi) is 10.2. The van der Waals surface area contributed by atoms with Crippen LogP contribution in [0.25, 0.3) is 0 Å². The normalized spacial score (nSPS) is 12.5. The van der Waals surface area contributed by atoms with Gasteiger partial charge in [0, 0.05) is 7.05 Å². The Morgan fingerprint density at radius 2 is 1.75 bits per heavy atom. The minimum Gasteiger partial charge on any atom is -0.497 e. The van der Waals surface area contributed by atoms with E-state index in [1.54, 1.807) is 24.3 Å². The number of methoxy groups -OCH3 is 1. The molecule has 3 amide bonds. The van der Waals surface area contributed by atoms with Crippen LogP contribution < -0.4 is 15.4 Å². The molecule has 1 rings (SSSR count). The number of urea groups is 1. The molecule has 2 N–H and O–H groups in total. The maximum Gasteiger partial charge on any atom is 0.321 e. The summed E-state index contributed by atoms with van der Waals surface area (Å²) in [7, 11) is 0.271. The first-order valence-corrected chi connectivity index (χ1v) is 10.4. The molecule has 1 aromatic rings. The Bertz CT molecular complexity index is 769. The molecular formula is C19H29N3O5S. The highest BCUT2D eigenvalue weighted by Gasteiger charge is 2.41. The minimum atomic E-state index is -2.66. The highest BCUT2D eigenvalue weighted by atomic mass is 32.2. The number of nitrogens with zero attached hydrogens (tertiary/aromatic N) is 1. The van der Waals surface area contributed by atoms with Crippen molar-refractivity contribution in [3.63, 3.8) is 0 Å². The predicted octanol–water partition coefficient (Wildman–Crippen LogP) is 2.81. The molecule has 0 saturated heterocycles. The van der Waals surface area contributed by atoms with E-state index in [0.29, 0.717) is 24.2 Å². The Labute approximate surface area is 167 Å². The summed E-state index contributed by atoms with van der Waals surface area (Å²) in [5.41, 5.74) is -0.690. The lowest BCUT2D eigenvalue weighted by molar-refractivity contribution is -0.125. The van der Waals surface area contributed by atoms with Crippen LogP contribution in [0.5, 0.6) is 5.75 Å². The van der Waals surface area contributed by atoms with E-state index in [2.05, 4.69) is 21.9 Å². The van der Waals surface area contributed by atoms with Crippen molar-refractivity contribution in [3.05, 3.63) is 29.8 Å². The van der Waals surface area contributed by atoms with E-state index < -0.39 is 27.9 Å². The third-order valence-electron chi connectivity index (χ3n) is 4.68. The summed E-state index contributed by atoms with van der Waals surface area (Å²) in [5.74, 6) is 0.0263. The second-order valence-corrected chi connectivity index (χ2v) is 7.20. The molecule has 0 aliphatic rings. The van der Waals surface area contributed by atoms with Gasteiger partial charge in [0.25, 0.3) is 0 Å². The molecule has 8 nitrogen and oxygen atoms in total. The standard InChI is InChI=1S/C19H29N3O5S/c1-4-5-6-7-8-13-19(14-21-28(25)26,17(23)22-18(24)20-2)15-9-11-16(27-3)12-10-15/h9-12H,4-8,13-14H2,1-3H3,(H2,20,22,23,24). The number of amides is 3. The molecule has 9 heteroatoms. The number of rotatable bonds is 11.